The first-order chi connectivity index (χ1) is 11.3. The predicted octanol–water partition coefficient (Wildman–Crippen LogP) is 3.54. The molecule has 23 heavy (non-hydrogen) atoms. The van der Waals surface area contributed by atoms with Crippen LogP contribution >= 0.6 is 0 Å². The number of nitrogens with one attached hydrogen (secondary N) is 1. The molecule has 0 spiro atoms. The number of carbonyl (C=O) groups excluding carboxylic acids is 1. The number of aromatic nitrogens is 1. The monoisotopic (exact) mass is 308 g/mol. The lowest BCUT2D eigenvalue weighted by molar-refractivity contribution is -0.122. The average Bonchev–Trinajstić information content (AvgIpc) is 3.02. The molecule has 3 heteroatoms. The Hall–Kier alpha value is -2.16. The normalized spacial score (nSPS) is 20.3. The summed E-state index contributed by atoms with van der Waals surface area (Å²) in [5.74, 6) is 0.744. The lowest BCUT2D eigenvalue weighted by Crippen LogP contribution is -2.38. The fourth-order valence-electron chi connectivity index (χ4n) is 3.47. The van der Waals surface area contributed by atoms with Crippen molar-refractivity contribution in [3.8, 4) is 0 Å². The fraction of sp³-hybridized carbons (Fsp3) is 0.400. The average molecular weight is 308 g/mol. The number of aryl methyl sites for hydroxylation is 1. The maximum absolute atomic E-state index is 12.2. The second-order valence-corrected chi connectivity index (χ2v) is 6.41. The van der Waals surface area contributed by atoms with Crippen LogP contribution in [0, 0.1) is 5.92 Å². The van der Waals surface area contributed by atoms with E-state index in [0.29, 0.717) is 18.4 Å². The zero-order chi connectivity index (χ0) is 15.9. The molecular weight excluding hydrogens is 284 g/mol. The van der Waals surface area contributed by atoms with Gasteiger partial charge in [-0.2, -0.15) is 0 Å². The summed E-state index contributed by atoms with van der Waals surface area (Å²) in [4.78, 5) is 16.2. The molecule has 1 aromatic heterocycles. The first-order valence-electron chi connectivity index (χ1n) is 8.53. The minimum atomic E-state index is 0.173. The van der Waals surface area contributed by atoms with Gasteiger partial charge in [0, 0.05) is 24.9 Å². The molecule has 0 bridgehead atoms. The SMILES string of the molecule is O=C(CCc1ccncc1)N[C@@H]1CCC[C@H]1Cc1ccccc1. The molecule has 1 amide bonds. The number of rotatable bonds is 6. The molecule has 1 N–H and O–H groups in total. The van der Waals surface area contributed by atoms with E-state index in [2.05, 4.69) is 40.6 Å². The van der Waals surface area contributed by atoms with Crippen LogP contribution in [0.1, 0.15) is 36.8 Å². The van der Waals surface area contributed by atoms with Crippen molar-refractivity contribution in [1.82, 2.24) is 10.3 Å². The number of carbonyl (C=O) groups is 1. The molecule has 1 heterocycles. The molecule has 1 fully saturated rings. The molecule has 0 unspecified atom stereocenters. The molecule has 2 aromatic rings. The highest BCUT2D eigenvalue weighted by Gasteiger charge is 2.28. The number of hydrogen-bond acceptors (Lipinski definition) is 2. The van der Waals surface area contributed by atoms with Gasteiger partial charge in [0.05, 0.1) is 0 Å². The van der Waals surface area contributed by atoms with Crippen LogP contribution in [0.2, 0.25) is 0 Å². The molecular formula is C20H24N2O. The van der Waals surface area contributed by atoms with Crippen molar-refractivity contribution in [3.05, 3.63) is 66.0 Å². The van der Waals surface area contributed by atoms with Crippen molar-refractivity contribution in [2.75, 3.05) is 0 Å². The summed E-state index contributed by atoms with van der Waals surface area (Å²) in [5.41, 5.74) is 2.54. The van der Waals surface area contributed by atoms with E-state index in [4.69, 9.17) is 0 Å². The number of hydrogen-bond donors (Lipinski definition) is 1. The highest BCUT2D eigenvalue weighted by atomic mass is 16.1. The Morgan fingerprint density at radius 1 is 1.04 bits per heavy atom. The van der Waals surface area contributed by atoms with E-state index in [1.54, 1.807) is 12.4 Å². The maximum atomic E-state index is 12.2. The van der Waals surface area contributed by atoms with Crippen LogP contribution < -0.4 is 5.32 Å². The lowest BCUT2D eigenvalue weighted by atomic mass is 9.94. The summed E-state index contributed by atoms with van der Waals surface area (Å²) in [6, 6.07) is 14.9. The zero-order valence-electron chi connectivity index (χ0n) is 13.4. The maximum Gasteiger partial charge on any atom is 0.220 e. The van der Waals surface area contributed by atoms with Gasteiger partial charge in [0.25, 0.3) is 0 Å². The molecule has 1 aromatic carbocycles. The summed E-state index contributed by atoms with van der Waals surface area (Å²) >= 11 is 0. The second kappa shape index (κ2) is 7.91. The van der Waals surface area contributed by atoms with E-state index in [1.807, 2.05) is 12.1 Å². The van der Waals surface area contributed by atoms with Gasteiger partial charge in [0.2, 0.25) is 5.91 Å². The van der Waals surface area contributed by atoms with E-state index >= 15 is 0 Å². The van der Waals surface area contributed by atoms with Gasteiger partial charge in [-0.3, -0.25) is 9.78 Å². The predicted molar refractivity (Wildman–Crippen MR) is 92.0 cm³/mol. The van der Waals surface area contributed by atoms with Crippen LogP contribution in [0.3, 0.4) is 0 Å². The Kier molecular flexibility index (Phi) is 5.41. The third-order valence-corrected chi connectivity index (χ3v) is 4.74. The third-order valence-electron chi connectivity index (χ3n) is 4.74. The smallest absolute Gasteiger partial charge is 0.220 e. The minimum Gasteiger partial charge on any atom is -0.353 e. The molecule has 1 saturated carbocycles. The molecule has 2 atom stereocenters. The van der Waals surface area contributed by atoms with Crippen LogP contribution in [0.15, 0.2) is 54.9 Å². The number of amides is 1. The van der Waals surface area contributed by atoms with Gasteiger partial charge in [-0.1, -0.05) is 36.8 Å². The molecule has 1 aliphatic carbocycles. The lowest BCUT2D eigenvalue weighted by Gasteiger charge is -2.21. The topological polar surface area (TPSA) is 42.0 Å². The molecule has 3 nitrogen and oxygen atoms in total. The van der Waals surface area contributed by atoms with Gasteiger partial charge < -0.3 is 5.32 Å². The van der Waals surface area contributed by atoms with E-state index in [1.165, 1.54) is 24.0 Å². The fourth-order valence-corrected chi connectivity index (χ4v) is 3.47. The van der Waals surface area contributed by atoms with Gasteiger partial charge in [-0.05, 0) is 54.9 Å². The number of benzene rings is 1. The van der Waals surface area contributed by atoms with Gasteiger partial charge in [0.15, 0.2) is 0 Å². The number of pyridine rings is 1. The van der Waals surface area contributed by atoms with Crippen LogP contribution in [0.25, 0.3) is 0 Å². The Labute approximate surface area is 138 Å². The summed E-state index contributed by atoms with van der Waals surface area (Å²) in [6.07, 6.45) is 9.49. The molecule has 0 radical (unpaired) electrons. The van der Waals surface area contributed by atoms with E-state index in [9.17, 15) is 4.79 Å². The van der Waals surface area contributed by atoms with Crippen LogP contribution in [-0.2, 0) is 17.6 Å². The summed E-state index contributed by atoms with van der Waals surface area (Å²) < 4.78 is 0. The molecule has 120 valence electrons. The first kappa shape index (κ1) is 15.7. The van der Waals surface area contributed by atoms with Crippen molar-refractivity contribution >= 4 is 5.91 Å². The number of nitrogens with zero attached hydrogens (tertiary/aromatic N) is 1. The largest absolute Gasteiger partial charge is 0.353 e. The van der Waals surface area contributed by atoms with Crippen molar-refractivity contribution in [2.24, 2.45) is 5.92 Å². The van der Waals surface area contributed by atoms with Crippen molar-refractivity contribution in [3.63, 3.8) is 0 Å². The van der Waals surface area contributed by atoms with Gasteiger partial charge in [-0.25, -0.2) is 0 Å². The van der Waals surface area contributed by atoms with E-state index < -0.39 is 0 Å². The van der Waals surface area contributed by atoms with Crippen LogP contribution in [0.5, 0.6) is 0 Å². The summed E-state index contributed by atoms with van der Waals surface area (Å²) in [7, 11) is 0. The van der Waals surface area contributed by atoms with E-state index in [0.717, 1.165) is 19.3 Å². The van der Waals surface area contributed by atoms with Crippen molar-refractivity contribution in [1.29, 1.82) is 0 Å². The summed E-state index contributed by atoms with van der Waals surface area (Å²) in [5, 5.41) is 3.26. The Morgan fingerprint density at radius 3 is 2.61 bits per heavy atom. The van der Waals surface area contributed by atoms with Crippen LogP contribution in [-0.4, -0.2) is 16.9 Å². The first-order valence-corrected chi connectivity index (χ1v) is 8.53. The van der Waals surface area contributed by atoms with Crippen LogP contribution in [0.4, 0.5) is 0 Å². The third kappa shape index (κ3) is 4.65. The highest BCUT2D eigenvalue weighted by molar-refractivity contribution is 5.76. The van der Waals surface area contributed by atoms with Gasteiger partial charge in [0.1, 0.15) is 0 Å². The zero-order valence-corrected chi connectivity index (χ0v) is 13.4. The van der Waals surface area contributed by atoms with Crippen molar-refractivity contribution < 1.29 is 4.79 Å². The quantitative estimate of drug-likeness (QED) is 0.887. The van der Waals surface area contributed by atoms with Crippen molar-refractivity contribution in [2.45, 2.75) is 44.6 Å². The highest BCUT2D eigenvalue weighted by Crippen LogP contribution is 2.29. The molecule has 0 saturated heterocycles. The molecule has 0 aliphatic heterocycles. The Morgan fingerprint density at radius 2 is 1.83 bits per heavy atom. The Bertz CT molecular complexity index is 612. The van der Waals surface area contributed by atoms with E-state index in [-0.39, 0.29) is 5.91 Å². The van der Waals surface area contributed by atoms with Gasteiger partial charge in [-0.15, -0.1) is 0 Å². The van der Waals surface area contributed by atoms with Gasteiger partial charge >= 0.3 is 0 Å². The minimum absolute atomic E-state index is 0.173. The standard InChI is InChI=1S/C20H24N2O/c23-20(10-9-16-11-13-21-14-12-16)22-19-8-4-7-18(19)15-17-5-2-1-3-6-17/h1-3,5-6,11-14,18-19H,4,7-10,15H2,(H,22,23)/t18-,19+/m0/s1. The molecule has 1 aliphatic rings. The molecule has 3 rings (SSSR count). The Balaban J connectivity index is 1.49. The second-order valence-electron chi connectivity index (χ2n) is 6.41. The summed E-state index contributed by atoms with van der Waals surface area (Å²) in [6.45, 7) is 0.